The normalized spacial score (nSPS) is 36.5. The molecule has 0 aromatic heterocycles. The molecule has 92 valence electrons. The van der Waals surface area contributed by atoms with Gasteiger partial charge in [-0.25, -0.2) is 4.85 Å². The Balaban J connectivity index is 2.52. The minimum absolute atomic E-state index is 0.0249. The predicted octanol–water partition coefficient (Wildman–Crippen LogP) is 2.40. The Hall–Kier alpha value is -1.14. The second-order valence-corrected chi connectivity index (χ2v) is 6.07. The maximum atomic E-state index is 12.3. The number of carbonyl (C=O) groups is 1. The minimum Gasteiger partial charge on any atom is -0.316 e. The van der Waals surface area contributed by atoms with E-state index in [1.165, 1.54) is 0 Å². The van der Waals surface area contributed by atoms with Gasteiger partial charge >= 0.3 is 0 Å². The highest BCUT2D eigenvalue weighted by Gasteiger charge is 2.50. The Morgan fingerprint density at radius 3 is 2.82 bits per heavy atom. The fourth-order valence-corrected chi connectivity index (χ4v) is 3.53. The van der Waals surface area contributed by atoms with Crippen molar-refractivity contribution < 1.29 is 4.79 Å². The molecule has 0 spiro atoms. The molecule has 1 fully saturated rings. The molecule has 1 aliphatic heterocycles. The van der Waals surface area contributed by atoms with E-state index in [1.807, 2.05) is 19.9 Å². The van der Waals surface area contributed by atoms with Crippen molar-refractivity contribution >= 4 is 5.78 Å². The van der Waals surface area contributed by atoms with Gasteiger partial charge < -0.3 is 10.1 Å². The summed E-state index contributed by atoms with van der Waals surface area (Å²) in [6.45, 7) is 15.2. The van der Waals surface area contributed by atoms with E-state index in [1.54, 1.807) is 0 Å². The van der Waals surface area contributed by atoms with Gasteiger partial charge in [0.15, 0.2) is 5.78 Å². The van der Waals surface area contributed by atoms with Crippen molar-refractivity contribution in [1.82, 2.24) is 5.32 Å². The predicted molar refractivity (Wildman–Crippen MR) is 67.2 cm³/mol. The van der Waals surface area contributed by atoms with E-state index in [4.69, 9.17) is 6.57 Å². The van der Waals surface area contributed by atoms with Crippen molar-refractivity contribution in [2.24, 2.45) is 16.7 Å². The fourth-order valence-electron chi connectivity index (χ4n) is 3.53. The van der Waals surface area contributed by atoms with Gasteiger partial charge in [-0.15, -0.1) is 0 Å². The Kier molecular flexibility index (Phi) is 2.87. The lowest BCUT2D eigenvalue weighted by Gasteiger charge is -2.47. The van der Waals surface area contributed by atoms with Gasteiger partial charge in [-0.2, -0.15) is 0 Å². The molecule has 0 aromatic rings. The summed E-state index contributed by atoms with van der Waals surface area (Å²) in [5.41, 5.74) is -0.138. The van der Waals surface area contributed by atoms with Crippen LogP contribution < -0.4 is 5.32 Å². The maximum Gasteiger partial charge on any atom is 0.226 e. The van der Waals surface area contributed by atoms with E-state index >= 15 is 0 Å². The zero-order valence-corrected chi connectivity index (χ0v) is 10.8. The third-order valence-electron chi connectivity index (χ3n) is 4.42. The summed E-state index contributed by atoms with van der Waals surface area (Å²) in [5.74, 6) is 0.361. The van der Waals surface area contributed by atoms with Gasteiger partial charge in [-0.3, -0.25) is 0 Å². The maximum absolute atomic E-state index is 12.3. The average Bonchev–Trinajstić information content (AvgIpc) is 2.46. The number of ketones is 1. The Labute approximate surface area is 103 Å². The highest BCUT2D eigenvalue weighted by atomic mass is 16.1. The molecule has 2 rings (SSSR count). The number of hydrogen-bond donors (Lipinski definition) is 1. The Bertz CT molecular complexity index is 416. The lowest BCUT2D eigenvalue weighted by atomic mass is 9.57. The molecule has 3 heteroatoms. The molecule has 2 atom stereocenters. The Morgan fingerprint density at radius 2 is 2.18 bits per heavy atom. The number of Topliss-reactive ketones (excluding diaryl/α,β-unsaturated/α-hetero) is 1. The lowest BCUT2D eigenvalue weighted by molar-refractivity contribution is -0.129. The van der Waals surface area contributed by atoms with Crippen LogP contribution in [0, 0.1) is 23.3 Å². The molecule has 2 aliphatic rings. The largest absolute Gasteiger partial charge is 0.316 e. The molecular weight excluding hydrogens is 212 g/mol. The van der Waals surface area contributed by atoms with Gasteiger partial charge in [0.2, 0.25) is 5.70 Å². The van der Waals surface area contributed by atoms with Crippen LogP contribution in [0.2, 0.25) is 0 Å². The molecule has 1 heterocycles. The molecule has 17 heavy (non-hydrogen) atoms. The van der Waals surface area contributed by atoms with Crippen LogP contribution in [0.1, 0.15) is 33.6 Å². The number of nitrogens with one attached hydrogen (secondary N) is 1. The first-order chi connectivity index (χ1) is 7.92. The first-order valence-corrected chi connectivity index (χ1v) is 6.27. The van der Waals surface area contributed by atoms with Crippen LogP contribution in [0.5, 0.6) is 0 Å². The highest BCUT2D eigenvalue weighted by molar-refractivity contribution is 6.02. The van der Waals surface area contributed by atoms with Crippen LogP contribution in [0.3, 0.4) is 0 Å². The van der Waals surface area contributed by atoms with Gasteiger partial charge in [0.05, 0.1) is 6.57 Å². The number of nitrogens with zero attached hydrogens (tertiary/aromatic N) is 1. The smallest absolute Gasteiger partial charge is 0.226 e. The monoisotopic (exact) mass is 232 g/mol. The van der Waals surface area contributed by atoms with Crippen molar-refractivity contribution in [3.63, 3.8) is 0 Å². The van der Waals surface area contributed by atoms with Crippen LogP contribution in [0.15, 0.2) is 11.8 Å². The molecule has 3 nitrogen and oxygen atoms in total. The van der Waals surface area contributed by atoms with Crippen molar-refractivity contribution in [3.8, 4) is 0 Å². The summed E-state index contributed by atoms with van der Waals surface area (Å²) in [6.07, 6.45) is 4.08. The number of fused-ring (bicyclic) bond motifs is 1. The van der Waals surface area contributed by atoms with Gasteiger partial charge in [0, 0.05) is 12.0 Å². The van der Waals surface area contributed by atoms with E-state index in [0.29, 0.717) is 11.6 Å². The van der Waals surface area contributed by atoms with Gasteiger partial charge in [0.1, 0.15) is 0 Å². The topological polar surface area (TPSA) is 33.5 Å². The summed E-state index contributed by atoms with van der Waals surface area (Å²) in [5, 5.41) is 3.43. The van der Waals surface area contributed by atoms with Crippen molar-refractivity contribution in [2.45, 2.75) is 33.6 Å². The molecule has 0 radical (unpaired) electrons. The fraction of sp³-hybridized carbons (Fsp3) is 0.714. The minimum atomic E-state index is -0.407. The SMILES string of the molecule is [C-]#[N+]C1=C[C@@]2(C)CNCCC[C@@H]2C(C)(C)C1=O. The summed E-state index contributed by atoms with van der Waals surface area (Å²) in [4.78, 5) is 15.7. The van der Waals surface area contributed by atoms with Crippen LogP contribution in [0.4, 0.5) is 0 Å². The Morgan fingerprint density at radius 1 is 1.47 bits per heavy atom. The third kappa shape index (κ3) is 1.81. The summed E-state index contributed by atoms with van der Waals surface area (Å²) >= 11 is 0. The van der Waals surface area contributed by atoms with Crippen molar-refractivity contribution in [3.05, 3.63) is 23.2 Å². The molecule has 0 bridgehead atoms. The molecule has 1 saturated heterocycles. The number of carbonyl (C=O) groups excluding carboxylic acids is 1. The molecule has 0 amide bonds. The quantitative estimate of drug-likeness (QED) is 0.651. The summed E-state index contributed by atoms with van der Waals surface area (Å²) < 4.78 is 0. The average molecular weight is 232 g/mol. The first-order valence-electron chi connectivity index (χ1n) is 6.27. The van der Waals surface area contributed by atoms with Gasteiger partial charge in [-0.05, 0) is 30.7 Å². The summed E-state index contributed by atoms with van der Waals surface area (Å²) in [7, 11) is 0. The molecule has 0 unspecified atom stereocenters. The zero-order chi connectivity index (χ0) is 12.7. The zero-order valence-electron chi connectivity index (χ0n) is 10.8. The van der Waals surface area contributed by atoms with E-state index in [0.717, 1.165) is 25.9 Å². The van der Waals surface area contributed by atoms with Crippen molar-refractivity contribution in [2.75, 3.05) is 13.1 Å². The van der Waals surface area contributed by atoms with E-state index < -0.39 is 5.41 Å². The first kappa shape index (κ1) is 12.3. The number of hydrogen-bond acceptors (Lipinski definition) is 2. The van der Waals surface area contributed by atoms with E-state index in [2.05, 4.69) is 17.1 Å². The molecule has 1 aliphatic carbocycles. The van der Waals surface area contributed by atoms with Gasteiger partial charge in [0.25, 0.3) is 0 Å². The van der Waals surface area contributed by atoms with Crippen LogP contribution in [0.25, 0.3) is 4.85 Å². The van der Waals surface area contributed by atoms with Crippen LogP contribution in [-0.4, -0.2) is 18.9 Å². The number of rotatable bonds is 0. The molecule has 1 N–H and O–H groups in total. The summed E-state index contributed by atoms with van der Waals surface area (Å²) in [6, 6.07) is 0. The van der Waals surface area contributed by atoms with E-state index in [-0.39, 0.29) is 11.2 Å². The highest BCUT2D eigenvalue weighted by Crippen LogP contribution is 2.50. The standard InChI is InChI=1S/C14H20N2O/c1-13(2)11-6-5-7-16-9-14(11,3)8-10(15-4)12(13)17/h8,11,16H,5-7,9H2,1-3H3/t11-,14+/m1/s1. The second-order valence-electron chi connectivity index (χ2n) is 6.07. The molecular formula is C14H20N2O. The number of allylic oxidation sites excluding steroid dienone is 1. The van der Waals surface area contributed by atoms with Gasteiger partial charge in [-0.1, -0.05) is 26.8 Å². The third-order valence-corrected chi connectivity index (χ3v) is 4.42. The van der Waals surface area contributed by atoms with E-state index in [9.17, 15) is 4.79 Å². The second kappa shape index (κ2) is 3.96. The molecule has 0 aromatic carbocycles. The van der Waals surface area contributed by atoms with Crippen LogP contribution in [-0.2, 0) is 4.79 Å². The molecule has 0 saturated carbocycles. The van der Waals surface area contributed by atoms with Crippen molar-refractivity contribution in [1.29, 1.82) is 0 Å². The van der Waals surface area contributed by atoms with Crippen LogP contribution >= 0.6 is 0 Å². The lowest BCUT2D eigenvalue weighted by Crippen LogP contribution is -2.48.